The topological polar surface area (TPSA) is 51.8 Å². The minimum atomic E-state index is 0.607. The van der Waals surface area contributed by atoms with Crippen molar-refractivity contribution < 1.29 is 4.42 Å². The number of para-hydroxylation sites is 1. The summed E-state index contributed by atoms with van der Waals surface area (Å²) in [7, 11) is 0. The average Bonchev–Trinajstić information content (AvgIpc) is 3.69. The standard InChI is InChI=1S/C41H23N3OS/c1-2-8-26(9-3-1)39-42-40(44-41(43-39)28-18-20-30-29-10-4-6-12-33(29)45-34(30)23-28)27-17-15-24-14-16-25-19-21-36-38(37(25)32(24)22-27)31-11-5-7-13-35(31)46-36/h1-23H. The molecular formula is C41H23N3OS. The lowest BCUT2D eigenvalue weighted by Crippen LogP contribution is -2.00. The highest BCUT2D eigenvalue weighted by atomic mass is 32.1. The molecule has 10 aromatic rings. The third kappa shape index (κ3) is 3.89. The van der Waals surface area contributed by atoms with E-state index in [2.05, 4.69) is 84.9 Å². The fourth-order valence-corrected chi connectivity index (χ4v) is 7.83. The van der Waals surface area contributed by atoms with Crippen LogP contribution in [-0.2, 0) is 0 Å². The fraction of sp³-hybridized carbons (Fsp3) is 0. The molecule has 0 amide bonds. The van der Waals surface area contributed by atoms with E-state index >= 15 is 0 Å². The SMILES string of the molecule is c1ccc(-c2nc(-c3ccc4c(c3)oc3ccccc34)nc(-c3ccc4ccc5ccc6sc7ccccc7c6c5c4c3)n2)cc1. The van der Waals surface area contributed by atoms with Crippen molar-refractivity contribution in [3.8, 4) is 34.2 Å². The molecule has 5 heteroatoms. The van der Waals surface area contributed by atoms with E-state index in [1.807, 2.05) is 65.9 Å². The van der Waals surface area contributed by atoms with Crippen LogP contribution in [0.1, 0.15) is 0 Å². The molecule has 0 spiro atoms. The largest absolute Gasteiger partial charge is 0.456 e. The van der Waals surface area contributed by atoms with Crippen molar-refractivity contribution in [1.82, 2.24) is 15.0 Å². The quantitative estimate of drug-likeness (QED) is 0.188. The van der Waals surface area contributed by atoms with Crippen molar-refractivity contribution in [3.05, 3.63) is 140 Å². The Labute approximate surface area is 267 Å². The molecule has 214 valence electrons. The van der Waals surface area contributed by atoms with Crippen LogP contribution in [0.5, 0.6) is 0 Å². The second-order valence-corrected chi connectivity index (χ2v) is 12.7. The van der Waals surface area contributed by atoms with Gasteiger partial charge >= 0.3 is 0 Å². The second kappa shape index (κ2) is 9.80. The maximum atomic E-state index is 6.22. The number of hydrogen-bond donors (Lipinski definition) is 0. The van der Waals surface area contributed by atoms with E-state index in [1.165, 1.54) is 41.7 Å². The molecule has 0 aliphatic carbocycles. The summed E-state index contributed by atoms with van der Waals surface area (Å²) in [6.07, 6.45) is 0. The first kappa shape index (κ1) is 25.4. The lowest BCUT2D eigenvalue weighted by molar-refractivity contribution is 0.669. The Morgan fingerprint density at radius 2 is 1.02 bits per heavy atom. The Kier molecular flexibility index (Phi) is 5.41. The van der Waals surface area contributed by atoms with Gasteiger partial charge in [-0.25, -0.2) is 15.0 Å². The van der Waals surface area contributed by atoms with E-state index in [0.717, 1.165) is 38.6 Å². The van der Waals surface area contributed by atoms with Crippen LogP contribution in [0.3, 0.4) is 0 Å². The summed E-state index contributed by atoms with van der Waals surface area (Å²) in [5.41, 5.74) is 4.44. The van der Waals surface area contributed by atoms with E-state index in [4.69, 9.17) is 19.4 Å². The van der Waals surface area contributed by atoms with Crippen molar-refractivity contribution in [3.63, 3.8) is 0 Å². The zero-order valence-corrected chi connectivity index (χ0v) is 25.3. The summed E-state index contributed by atoms with van der Waals surface area (Å²) in [6, 6.07) is 48.6. The molecule has 0 saturated heterocycles. The number of benzene rings is 7. The fourth-order valence-electron chi connectivity index (χ4n) is 6.71. The summed E-state index contributed by atoms with van der Waals surface area (Å²) in [5, 5.41) is 9.64. The lowest BCUT2D eigenvalue weighted by atomic mass is 9.96. The Morgan fingerprint density at radius 1 is 0.391 bits per heavy atom. The third-order valence-electron chi connectivity index (χ3n) is 8.90. The Bertz CT molecular complexity index is 2820. The molecule has 0 unspecified atom stereocenters. The van der Waals surface area contributed by atoms with E-state index in [0.29, 0.717) is 17.5 Å². The van der Waals surface area contributed by atoms with Gasteiger partial charge in [0.2, 0.25) is 0 Å². The number of rotatable bonds is 3. The van der Waals surface area contributed by atoms with Gasteiger partial charge in [0.15, 0.2) is 17.5 Å². The Hall–Kier alpha value is -5.91. The van der Waals surface area contributed by atoms with Gasteiger partial charge in [0.05, 0.1) is 0 Å². The molecule has 0 saturated carbocycles. The number of aromatic nitrogens is 3. The van der Waals surface area contributed by atoms with Crippen LogP contribution in [-0.4, -0.2) is 15.0 Å². The molecule has 3 aromatic heterocycles. The van der Waals surface area contributed by atoms with Gasteiger partial charge in [-0.2, -0.15) is 0 Å². The van der Waals surface area contributed by atoms with E-state index in [-0.39, 0.29) is 0 Å². The zero-order chi connectivity index (χ0) is 30.2. The third-order valence-corrected chi connectivity index (χ3v) is 10.0. The number of fused-ring (bicyclic) bond motifs is 10. The predicted molar refractivity (Wildman–Crippen MR) is 191 cm³/mol. The summed E-state index contributed by atoms with van der Waals surface area (Å²) in [6.45, 7) is 0. The minimum absolute atomic E-state index is 0.607. The molecule has 0 N–H and O–H groups in total. The van der Waals surface area contributed by atoms with Crippen LogP contribution in [0.2, 0.25) is 0 Å². The van der Waals surface area contributed by atoms with Crippen LogP contribution in [0.4, 0.5) is 0 Å². The minimum Gasteiger partial charge on any atom is -0.456 e. The Balaban J connectivity index is 1.22. The molecule has 4 nitrogen and oxygen atoms in total. The molecule has 0 atom stereocenters. The first-order valence-corrected chi connectivity index (χ1v) is 16.1. The zero-order valence-electron chi connectivity index (χ0n) is 24.4. The Morgan fingerprint density at radius 3 is 1.89 bits per heavy atom. The molecule has 0 aliphatic heterocycles. The predicted octanol–water partition coefficient (Wildman–Crippen LogP) is 11.4. The van der Waals surface area contributed by atoms with Crippen LogP contribution in [0, 0.1) is 0 Å². The molecule has 0 aliphatic rings. The number of thiophene rings is 1. The smallest absolute Gasteiger partial charge is 0.164 e. The van der Waals surface area contributed by atoms with Crippen LogP contribution in [0.15, 0.2) is 144 Å². The number of furan rings is 1. The average molecular weight is 606 g/mol. The van der Waals surface area contributed by atoms with Gasteiger partial charge in [-0.3, -0.25) is 0 Å². The molecule has 0 radical (unpaired) electrons. The van der Waals surface area contributed by atoms with Gasteiger partial charge < -0.3 is 4.42 Å². The van der Waals surface area contributed by atoms with Crippen molar-refractivity contribution in [2.24, 2.45) is 0 Å². The molecule has 7 aromatic carbocycles. The second-order valence-electron chi connectivity index (χ2n) is 11.6. The van der Waals surface area contributed by atoms with Gasteiger partial charge in [-0.05, 0) is 57.9 Å². The van der Waals surface area contributed by atoms with Crippen molar-refractivity contribution in [2.75, 3.05) is 0 Å². The molecule has 0 bridgehead atoms. The first-order chi connectivity index (χ1) is 22.8. The highest BCUT2D eigenvalue weighted by Crippen LogP contribution is 2.42. The van der Waals surface area contributed by atoms with E-state index in [1.54, 1.807) is 0 Å². The molecular weight excluding hydrogens is 583 g/mol. The first-order valence-electron chi connectivity index (χ1n) is 15.3. The molecule has 10 rings (SSSR count). The van der Waals surface area contributed by atoms with Gasteiger partial charge in [0.1, 0.15) is 11.2 Å². The van der Waals surface area contributed by atoms with E-state index < -0.39 is 0 Å². The maximum Gasteiger partial charge on any atom is 0.164 e. The lowest BCUT2D eigenvalue weighted by Gasteiger charge is -2.11. The van der Waals surface area contributed by atoms with Crippen molar-refractivity contribution in [1.29, 1.82) is 0 Å². The number of hydrogen-bond acceptors (Lipinski definition) is 5. The van der Waals surface area contributed by atoms with Crippen LogP contribution in [0.25, 0.3) is 97.8 Å². The van der Waals surface area contributed by atoms with Gasteiger partial charge in [-0.1, -0.05) is 103 Å². The number of nitrogens with zero attached hydrogens (tertiary/aromatic N) is 3. The van der Waals surface area contributed by atoms with Gasteiger partial charge in [0.25, 0.3) is 0 Å². The van der Waals surface area contributed by atoms with Crippen molar-refractivity contribution >= 4 is 75.0 Å². The summed E-state index contributed by atoms with van der Waals surface area (Å²) in [5.74, 6) is 1.87. The highest BCUT2D eigenvalue weighted by molar-refractivity contribution is 7.26. The monoisotopic (exact) mass is 605 g/mol. The van der Waals surface area contributed by atoms with Crippen LogP contribution >= 0.6 is 11.3 Å². The molecule has 0 fully saturated rings. The molecule has 46 heavy (non-hydrogen) atoms. The maximum absolute atomic E-state index is 6.22. The van der Waals surface area contributed by atoms with Gasteiger partial charge in [0, 0.05) is 47.6 Å². The summed E-state index contributed by atoms with van der Waals surface area (Å²) >= 11 is 1.85. The van der Waals surface area contributed by atoms with Crippen LogP contribution < -0.4 is 0 Å². The van der Waals surface area contributed by atoms with Crippen molar-refractivity contribution in [2.45, 2.75) is 0 Å². The molecule has 3 heterocycles. The van der Waals surface area contributed by atoms with Gasteiger partial charge in [-0.15, -0.1) is 11.3 Å². The summed E-state index contributed by atoms with van der Waals surface area (Å²) < 4.78 is 8.82. The summed E-state index contributed by atoms with van der Waals surface area (Å²) in [4.78, 5) is 15.1. The normalized spacial score (nSPS) is 11.9. The highest BCUT2D eigenvalue weighted by Gasteiger charge is 2.16. The van der Waals surface area contributed by atoms with E-state index in [9.17, 15) is 0 Å².